The number of aliphatic hydroxyl groups excluding tert-OH is 1. The van der Waals surface area contributed by atoms with E-state index in [4.69, 9.17) is 0 Å². The van der Waals surface area contributed by atoms with E-state index in [0.717, 1.165) is 30.5 Å². The summed E-state index contributed by atoms with van der Waals surface area (Å²) in [5.41, 5.74) is 2.23. The van der Waals surface area contributed by atoms with Gasteiger partial charge in [-0.05, 0) is 49.7 Å². The number of sulfone groups is 1. The highest BCUT2D eigenvalue weighted by atomic mass is 35.5. The Morgan fingerprint density at radius 1 is 1.04 bits per heavy atom. The molecule has 0 saturated heterocycles. The second kappa shape index (κ2) is 9.92. The summed E-state index contributed by atoms with van der Waals surface area (Å²) in [7, 11) is -1.12. The van der Waals surface area contributed by atoms with E-state index in [1.807, 2.05) is 49.5 Å². The molecule has 2 aromatic rings. The Bertz CT molecular complexity index is 733. The van der Waals surface area contributed by atoms with Gasteiger partial charge in [-0.15, -0.1) is 12.4 Å². The van der Waals surface area contributed by atoms with E-state index >= 15 is 0 Å². The van der Waals surface area contributed by atoms with E-state index in [9.17, 15) is 13.5 Å². The first-order chi connectivity index (χ1) is 11.4. The van der Waals surface area contributed by atoms with Crippen molar-refractivity contribution in [2.75, 3.05) is 26.5 Å². The lowest BCUT2D eigenvalue weighted by atomic mass is 10.1. The van der Waals surface area contributed by atoms with Crippen molar-refractivity contribution in [1.29, 1.82) is 0 Å². The normalized spacial score (nSPS) is 12.6. The van der Waals surface area contributed by atoms with E-state index in [0.29, 0.717) is 4.90 Å². The van der Waals surface area contributed by atoms with Crippen LogP contribution in [0.5, 0.6) is 0 Å². The fraction of sp³-hybridized carbons (Fsp3) is 0.368. The minimum absolute atomic E-state index is 0. The monoisotopic (exact) mass is 383 g/mol. The van der Waals surface area contributed by atoms with Gasteiger partial charge < -0.3 is 5.11 Å². The van der Waals surface area contributed by atoms with Gasteiger partial charge in [0.1, 0.15) is 0 Å². The molecule has 1 unspecified atom stereocenters. The number of rotatable bonds is 8. The molecule has 25 heavy (non-hydrogen) atoms. The van der Waals surface area contributed by atoms with E-state index in [-0.39, 0.29) is 25.1 Å². The topological polar surface area (TPSA) is 57.6 Å². The van der Waals surface area contributed by atoms with Gasteiger partial charge in [0.25, 0.3) is 0 Å². The highest BCUT2D eigenvalue weighted by molar-refractivity contribution is 7.90. The summed E-state index contributed by atoms with van der Waals surface area (Å²) < 4.78 is 22.9. The van der Waals surface area contributed by atoms with Crippen molar-refractivity contribution < 1.29 is 13.5 Å². The van der Waals surface area contributed by atoms with Crippen LogP contribution >= 0.6 is 12.4 Å². The van der Waals surface area contributed by atoms with E-state index in [2.05, 4.69) is 4.90 Å². The Balaban J connectivity index is 0.00000312. The van der Waals surface area contributed by atoms with Gasteiger partial charge in [0.05, 0.1) is 17.5 Å². The Morgan fingerprint density at radius 2 is 1.64 bits per heavy atom. The summed E-state index contributed by atoms with van der Waals surface area (Å²) >= 11 is 0. The predicted molar refractivity (Wildman–Crippen MR) is 104 cm³/mol. The molecular weight excluding hydrogens is 358 g/mol. The second-order valence-corrected chi connectivity index (χ2v) is 8.13. The fourth-order valence-electron chi connectivity index (χ4n) is 2.77. The highest BCUT2D eigenvalue weighted by Crippen LogP contribution is 2.19. The number of aliphatic hydroxyl groups is 1. The van der Waals surface area contributed by atoms with Gasteiger partial charge in [0.15, 0.2) is 9.84 Å². The summed E-state index contributed by atoms with van der Waals surface area (Å²) in [5.74, 6) is 0. The summed E-state index contributed by atoms with van der Waals surface area (Å²) in [5, 5.41) is 9.67. The third kappa shape index (κ3) is 6.44. The van der Waals surface area contributed by atoms with Gasteiger partial charge in [-0.2, -0.15) is 0 Å². The Hall–Kier alpha value is -1.40. The number of benzene rings is 2. The Kier molecular flexibility index (Phi) is 8.59. The van der Waals surface area contributed by atoms with E-state index < -0.39 is 9.84 Å². The predicted octanol–water partition coefficient (Wildman–Crippen LogP) is 3.11. The van der Waals surface area contributed by atoms with Crippen molar-refractivity contribution in [2.24, 2.45) is 0 Å². The van der Waals surface area contributed by atoms with E-state index in [1.54, 1.807) is 12.1 Å². The van der Waals surface area contributed by atoms with Crippen LogP contribution in [0.4, 0.5) is 0 Å². The summed E-state index contributed by atoms with van der Waals surface area (Å²) in [6.45, 7) is 0.942. The first-order valence-electron chi connectivity index (χ1n) is 8.07. The van der Waals surface area contributed by atoms with Crippen molar-refractivity contribution in [3.8, 4) is 0 Å². The molecule has 0 fully saturated rings. The Labute approximate surface area is 156 Å². The van der Waals surface area contributed by atoms with Crippen molar-refractivity contribution >= 4 is 22.2 Å². The molecule has 0 amide bonds. The van der Waals surface area contributed by atoms with Crippen LogP contribution in [0.25, 0.3) is 0 Å². The molecule has 2 rings (SSSR count). The maximum absolute atomic E-state index is 11.5. The number of hydrogen-bond donors (Lipinski definition) is 1. The van der Waals surface area contributed by atoms with Crippen LogP contribution in [-0.4, -0.2) is 44.9 Å². The summed E-state index contributed by atoms with van der Waals surface area (Å²) in [6, 6.07) is 17.1. The minimum atomic E-state index is -3.13. The molecule has 4 nitrogen and oxygen atoms in total. The first kappa shape index (κ1) is 21.6. The number of aryl methyl sites for hydroxylation is 1. The van der Waals surface area contributed by atoms with Gasteiger partial charge >= 0.3 is 0 Å². The largest absolute Gasteiger partial charge is 0.394 e. The molecule has 0 spiro atoms. The molecular formula is C19H26ClNO3S. The van der Waals surface area contributed by atoms with Gasteiger partial charge in [-0.3, -0.25) is 4.90 Å². The minimum Gasteiger partial charge on any atom is -0.394 e. The summed E-state index contributed by atoms with van der Waals surface area (Å²) in [4.78, 5) is 2.51. The molecule has 0 aliphatic rings. The molecule has 0 aliphatic heterocycles. The van der Waals surface area contributed by atoms with Crippen LogP contribution < -0.4 is 0 Å². The molecule has 2 aromatic carbocycles. The van der Waals surface area contributed by atoms with Crippen LogP contribution in [0.1, 0.15) is 23.6 Å². The lowest BCUT2D eigenvalue weighted by molar-refractivity contribution is 0.147. The molecule has 138 valence electrons. The molecule has 0 heterocycles. The third-order valence-corrected chi connectivity index (χ3v) is 5.35. The van der Waals surface area contributed by atoms with Crippen LogP contribution in [0, 0.1) is 0 Å². The van der Waals surface area contributed by atoms with Crippen LogP contribution in [0.15, 0.2) is 59.5 Å². The molecule has 6 heteroatoms. The highest BCUT2D eigenvalue weighted by Gasteiger charge is 2.15. The van der Waals surface area contributed by atoms with Gasteiger partial charge in [-0.25, -0.2) is 8.42 Å². The lowest BCUT2D eigenvalue weighted by Gasteiger charge is -2.26. The molecule has 1 N–H and O–H groups in total. The van der Waals surface area contributed by atoms with E-state index in [1.165, 1.54) is 6.26 Å². The number of likely N-dealkylation sites (N-methyl/N-ethyl adjacent to an activating group) is 1. The number of halogens is 1. The van der Waals surface area contributed by atoms with Gasteiger partial charge in [0.2, 0.25) is 0 Å². The number of hydrogen-bond acceptors (Lipinski definition) is 4. The van der Waals surface area contributed by atoms with Crippen molar-refractivity contribution in [3.63, 3.8) is 0 Å². The zero-order chi connectivity index (χ0) is 17.6. The molecule has 0 aliphatic carbocycles. The second-order valence-electron chi connectivity index (χ2n) is 6.11. The average Bonchev–Trinajstić information content (AvgIpc) is 2.56. The molecule has 0 bridgehead atoms. The van der Waals surface area contributed by atoms with Gasteiger partial charge in [0, 0.05) is 6.26 Å². The van der Waals surface area contributed by atoms with Crippen molar-refractivity contribution in [1.82, 2.24) is 4.90 Å². The van der Waals surface area contributed by atoms with Gasteiger partial charge in [-0.1, -0.05) is 42.5 Å². The Morgan fingerprint density at radius 3 is 2.16 bits per heavy atom. The number of nitrogens with zero attached hydrogens (tertiary/aromatic N) is 1. The molecule has 0 radical (unpaired) electrons. The third-order valence-electron chi connectivity index (χ3n) is 4.22. The fourth-order valence-corrected chi connectivity index (χ4v) is 3.40. The van der Waals surface area contributed by atoms with Crippen LogP contribution in [-0.2, 0) is 16.3 Å². The quantitative estimate of drug-likeness (QED) is 0.760. The SMILES string of the molecule is CN(CCCc1ccc(S(C)(=O)=O)cc1)C(CO)c1ccccc1.Cl. The zero-order valence-electron chi connectivity index (χ0n) is 14.6. The van der Waals surface area contributed by atoms with Crippen molar-refractivity contribution in [3.05, 3.63) is 65.7 Å². The standard InChI is InChI=1S/C19H25NO3S.ClH/c1-20(19(15-21)17-8-4-3-5-9-17)14-6-7-16-10-12-18(13-11-16)24(2,22)23;/h3-5,8-13,19,21H,6-7,14-15H2,1-2H3;1H. The average molecular weight is 384 g/mol. The lowest BCUT2D eigenvalue weighted by Crippen LogP contribution is -2.28. The maximum atomic E-state index is 11.5. The molecule has 0 aromatic heterocycles. The molecule has 0 saturated carbocycles. The molecule has 1 atom stereocenters. The first-order valence-corrected chi connectivity index (χ1v) is 9.96. The van der Waals surface area contributed by atoms with Crippen molar-refractivity contribution in [2.45, 2.75) is 23.8 Å². The van der Waals surface area contributed by atoms with Crippen LogP contribution in [0.2, 0.25) is 0 Å². The zero-order valence-corrected chi connectivity index (χ0v) is 16.3. The summed E-state index contributed by atoms with van der Waals surface area (Å²) in [6.07, 6.45) is 3.04. The van der Waals surface area contributed by atoms with Crippen LogP contribution in [0.3, 0.4) is 0 Å². The maximum Gasteiger partial charge on any atom is 0.175 e. The smallest absolute Gasteiger partial charge is 0.175 e.